The van der Waals surface area contributed by atoms with E-state index in [4.69, 9.17) is 5.11 Å². The second-order valence-corrected chi connectivity index (χ2v) is 3.76. The van der Waals surface area contributed by atoms with E-state index in [0.717, 1.165) is 12.1 Å². The molecule has 0 aliphatic rings. The van der Waals surface area contributed by atoms with Gasteiger partial charge in [0.05, 0.1) is 10.2 Å². The van der Waals surface area contributed by atoms with Crippen molar-refractivity contribution in [2.24, 2.45) is 0 Å². The molecule has 2 N–H and O–H groups in total. The molecule has 1 rings (SSSR count). The van der Waals surface area contributed by atoms with E-state index in [1.165, 1.54) is 0 Å². The molecule has 0 spiro atoms. The van der Waals surface area contributed by atoms with Crippen molar-refractivity contribution in [3.05, 3.63) is 40.4 Å². The minimum absolute atomic E-state index is 0.0749. The van der Waals surface area contributed by atoms with Crippen LogP contribution in [0.2, 0.25) is 0 Å². The van der Waals surface area contributed by atoms with Crippen LogP contribution in [0.3, 0.4) is 0 Å². The number of halogens is 3. The Morgan fingerprint density at radius 3 is 2.47 bits per heavy atom. The first-order valence-electron chi connectivity index (χ1n) is 4.26. The number of anilines is 1. The van der Waals surface area contributed by atoms with Gasteiger partial charge < -0.3 is 10.4 Å². The molecule has 0 saturated heterocycles. The molecule has 0 bridgehead atoms. The van der Waals surface area contributed by atoms with Gasteiger partial charge in [-0.2, -0.15) is 0 Å². The summed E-state index contributed by atoms with van der Waals surface area (Å²) in [5, 5.41) is 10.3. The first-order valence-corrected chi connectivity index (χ1v) is 5.06. The standard InChI is InChI=1S/C10H6BrF2NO3/c11-5-3-7(13)8(4-6(5)12)14-9(15)1-2-10(16)17/h1-4H,(H,14,15)(H,16,17)/b2-1+. The SMILES string of the molecule is O=C(O)/C=C/C(=O)Nc1cc(F)c(Br)cc1F. The zero-order valence-electron chi connectivity index (χ0n) is 8.21. The first-order chi connectivity index (χ1) is 7.90. The predicted octanol–water partition coefficient (Wildman–Crippen LogP) is 2.31. The maximum absolute atomic E-state index is 13.2. The van der Waals surface area contributed by atoms with Gasteiger partial charge >= 0.3 is 5.97 Å². The zero-order valence-corrected chi connectivity index (χ0v) is 9.79. The average Bonchev–Trinajstić information content (AvgIpc) is 2.23. The van der Waals surface area contributed by atoms with Crippen LogP contribution in [0.15, 0.2) is 28.8 Å². The number of aliphatic carboxylic acids is 1. The van der Waals surface area contributed by atoms with E-state index in [2.05, 4.69) is 15.9 Å². The van der Waals surface area contributed by atoms with Crippen LogP contribution < -0.4 is 5.32 Å². The fourth-order valence-corrected chi connectivity index (χ4v) is 1.26. The number of carboxylic acid groups (broad SMARTS) is 1. The molecule has 0 heterocycles. The summed E-state index contributed by atoms with van der Waals surface area (Å²) in [7, 11) is 0. The molecule has 0 unspecified atom stereocenters. The molecule has 0 radical (unpaired) electrons. The number of nitrogens with one attached hydrogen (secondary N) is 1. The van der Waals surface area contributed by atoms with Gasteiger partial charge in [0.25, 0.3) is 0 Å². The third-order valence-electron chi connectivity index (χ3n) is 1.65. The Balaban J connectivity index is 2.85. The van der Waals surface area contributed by atoms with Gasteiger partial charge in [-0.1, -0.05) is 0 Å². The lowest BCUT2D eigenvalue weighted by molar-refractivity contribution is -0.131. The molecule has 1 aromatic carbocycles. The van der Waals surface area contributed by atoms with Gasteiger partial charge in [-0.25, -0.2) is 13.6 Å². The van der Waals surface area contributed by atoms with Gasteiger partial charge in [0.1, 0.15) is 11.6 Å². The minimum atomic E-state index is -1.32. The summed E-state index contributed by atoms with van der Waals surface area (Å²) >= 11 is 2.78. The molecule has 1 aromatic rings. The minimum Gasteiger partial charge on any atom is -0.478 e. The monoisotopic (exact) mass is 305 g/mol. The van der Waals surface area contributed by atoms with E-state index in [-0.39, 0.29) is 10.2 Å². The highest BCUT2D eigenvalue weighted by atomic mass is 79.9. The molecule has 0 aliphatic carbocycles. The summed E-state index contributed by atoms with van der Waals surface area (Å²) in [6, 6.07) is 1.64. The van der Waals surface area contributed by atoms with Gasteiger partial charge in [-0.05, 0) is 22.0 Å². The van der Waals surface area contributed by atoms with E-state index in [0.29, 0.717) is 12.2 Å². The summed E-state index contributed by atoms with van der Waals surface area (Å²) < 4.78 is 26.2. The van der Waals surface area contributed by atoms with E-state index in [9.17, 15) is 18.4 Å². The number of amides is 1. The molecule has 0 saturated carbocycles. The fraction of sp³-hybridized carbons (Fsp3) is 0. The first kappa shape index (κ1) is 13.3. The van der Waals surface area contributed by atoms with Crippen molar-refractivity contribution < 1.29 is 23.5 Å². The quantitative estimate of drug-likeness (QED) is 0.665. The summed E-state index contributed by atoms with van der Waals surface area (Å²) in [5.41, 5.74) is -0.370. The van der Waals surface area contributed by atoms with Gasteiger partial charge in [-0.3, -0.25) is 4.79 Å². The zero-order chi connectivity index (χ0) is 13.0. The van der Waals surface area contributed by atoms with Crippen molar-refractivity contribution in [1.29, 1.82) is 0 Å². The topological polar surface area (TPSA) is 66.4 Å². The fourth-order valence-electron chi connectivity index (χ4n) is 0.940. The normalized spacial score (nSPS) is 10.5. The van der Waals surface area contributed by atoms with Crippen LogP contribution in [0.4, 0.5) is 14.5 Å². The van der Waals surface area contributed by atoms with Gasteiger partial charge in [0.2, 0.25) is 5.91 Å². The maximum Gasteiger partial charge on any atom is 0.328 e. The molecule has 7 heteroatoms. The van der Waals surface area contributed by atoms with Crippen molar-refractivity contribution in [2.75, 3.05) is 5.32 Å². The van der Waals surface area contributed by atoms with Crippen LogP contribution in [0.25, 0.3) is 0 Å². The molecular formula is C10H6BrF2NO3. The highest BCUT2D eigenvalue weighted by Gasteiger charge is 2.09. The Morgan fingerprint density at radius 2 is 1.88 bits per heavy atom. The predicted molar refractivity (Wildman–Crippen MR) is 59.5 cm³/mol. The number of hydrogen-bond acceptors (Lipinski definition) is 2. The van der Waals surface area contributed by atoms with Crippen molar-refractivity contribution in [3.63, 3.8) is 0 Å². The Morgan fingerprint density at radius 1 is 1.24 bits per heavy atom. The summed E-state index contributed by atoms with van der Waals surface area (Å²) in [4.78, 5) is 21.2. The second kappa shape index (κ2) is 5.53. The lowest BCUT2D eigenvalue weighted by Crippen LogP contribution is -2.10. The molecule has 17 heavy (non-hydrogen) atoms. The van der Waals surface area contributed by atoms with E-state index >= 15 is 0 Å². The van der Waals surface area contributed by atoms with Gasteiger partial charge in [0.15, 0.2) is 0 Å². The Hall–Kier alpha value is -1.76. The Bertz CT molecular complexity index is 503. The van der Waals surface area contributed by atoms with Gasteiger partial charge in [-0.15, -0.1) is 0 Å². The number of hydrogen-bond donors (Lipinski definition) is 2. The van der Waals surface area contributed by atoms with E-state index in [1.807, 2.05) is 5.32 Å². The summed E-state index contributed by atoms with van der Waals surface area (Å²) in [6.45, 7) is 0. The van der Waals surface area contributed by atoms with Crippen molar-refractivity contribution in [3.8, 4) is 0 Å². The van der Waals surface area contributed by atoms with Crippen LogP contribution in [-0.2, 0) is 9.59 Å². The third kappa shape index (κ3) is 3.95. The maximum atomic E-state index is 13.2. The number of carbonyl (C=O) groups excluding carboxylic acids is 1. The Kier molecular flexibility index (Phi) is 4.33. The van der Waals surface area contributed by atoms with Crippen LogP contribution in [0.5, 0.6) is 0 Å². The van der Waals surface area contributed by atoms with E-state index in [1.54, 1.807) is 0 Å². The van der Waals surface area contributed by atoms with Crippen LogP contribution in [0, 0.1) is 11.6 Å². The number of carboxylic acids is 1. The second-order valence-electron chi connectivity index (χ2n) is 2.91. The molecule has 4 nitrogen and oxygen atoms in total. The highest BCUT2D eigenvalue weighted by Crippen LogP contribution is 2.23. The largest absolute Gasteiger partial charge is 0.478 e. The van der Waals surface area contributed by atoms with Crippen molar-refractivity contribution >= 4 is 33.5 Å². The molecule has 0 aromatic heterocycles. The number of benzene rings is 1. The van der Waals surface area contributed by atoms with Crippen molar-refractivity contribution in [1.82, 2.24) is 0 Å². The number of rotatable bonds is 3. The molecule has 90 valence electrons. The molecule has 0 fully saturated rings. The lowest BCUT2D eigenvalue weighted by atomic mass is 10.3. The summed E-state index contributed by atoms with van der Waals surface area (Å²) in [6.07, 6.45) is 1.28. The van der Waals surface area contributed by atoms with Gasteiger partial charge in [0, 0.05) is 18.2 Å². The molecule has 0 aliphatic heterocycles. The Labute approximate surface area is 103 Å². The lowest BCUT2D eigenvalue weighted by Gasteiger charge is -2.04. The average molecular weight is 306 g/mol. The van der Waals surface area contributed by atoms with Crippen LogP contribution in [0.1, 0.15) is 0 Å². The molecule has 1 amide bonds. The third-order valence-corrected chi connectivity index (χ3v) is 2.25. The van der Waals surface area contributed by atoms with Crippen LogP contribution >= 0.6 is 15.9 Å². The highest BCUT2D eigenvalue weighted by molar-refractivity contribution is 9.10. The molecular weight excluding hydrogens is 300 g/mol. The molecule has 0 atom stereocenters. The van der Waals surface area contributed by atoms with Crippen LogP contribution in [-0.4, -0.2) is 17.0 Å². The van der Waals surface area contributed by atoms with E-state index < -0.39 is 23.5 Å². The van der Waals surface area contributed by atoms with Crippen molar-refractivity contribution in [2.45, 2.75) is 0 Å². The summed E-state index contributed by atoms with van der Waals surface area (Å²) in [5.74, 6) is -3.77. The smallest absolute Gasteiger partial charge is 0.328 e. The number of carbonyl (C=O) groups is 2.